The first kappa shape index (κ1) is 20.2. The van der Waals surface area contributed by atoms with Gasteiger partial charge in [-0.2, -0.15) is 0 Å². The zero-order valence-electron chi connectivity index (χ0n) is 17.7. The Balaban J connectivity index is 2.66. The van der Waals surface area contributed by atoms with Crippen molar-refractivity contribution in [1.29, 1.82) is 0 Å². The Kier molecular flexibility index (Phi) is 6.19. The van der Waals surface area contributed by atoms with Gasteiger partial charge in [-0.1, -0.05) is 0 Å². The number of nitrogens with zero attached hydrogens (tertiary/aromatic N) is 1. The second kappa shape index (κ2) is 7.65. The third kappa shape index (κ3) is 4.75. The van der Waals surface area contributed by atoms with Crippen LogP contribution in [0.2, 0.25) is 17.3 Å². The van der Waals surface area contributed by atoms with Gasteiger partial charge in [0.1, 0.15) is 0 Å². The van der Waals surface area contributed by atoms with Crippen molar-refractivity contribution in [2.45, 2.75) is 64.2 Å². The van der Waals surface area contributed by atoms with Crippen molar-refractivity contribution in [2.24, 2.45) is 13.0 Å². The van der Waals surface area contributed by atoms with Gasteiger partial charge in [-0.3, -0.25) is 0 Å². The fraction of sp³-hybridized carbons (Fsp3) is 0.522. The van der Waals surface area contributed by atoms with Crippen molar-refractivity contribution < 1.29 is 4.57 Å². The van der Waals surface area contributed by atoms with Crippen molar-refractivity contribution in [2.75, 3.05) is 0 Å². The molecule has 1 nitrogen and oxygen atoms in total. The van der Waals surface area contributed by atoms with Gasteiger partial charge >= 0.3 is 158 Å². The van der Waals surface area contributed by atoms with Crippen molar-refractivity contribution in [1.82, 2.24) is 0 Å². The number of hydrogen-bond donors (Lipinski definition) is 0. The van der Waals surface area contributed by atoms with Crippen LogP contribution in [-0.4, -0.2) is 13.3 Å². The Morgan fingerprint density at radius 2 is 1.64 bits per heavy atom. The summed E-state index contributed by atoms with van der Waals surface area (Å²) in [5.74, 6) is 8.74. The van der Waals surface area contributed by atoms with E-state index in [0.717, 1.165) is 6.42 Å². The molecule has 0 bridgehead atoms. The molecule has 0 atom stereocenters. The van der Waals surface area contributed by atoms with Crippen LogP contribution in [0.5, 0.6) is 0 Å². The SMILES string of the molecule is Cc1ccc(CC(C)C)cc1-c1cc(C(C)C)[c]([Ge]([CH3])([CH3])[CH3])c[n+]1C. The zero-order chi connectivity index (χ0) is 18.9. The number of aryl methyl sites for hydroxylation is 2. The first-order valence-corrected chi connectivity index (χ1v) is 17.0. The van der Waals surface area contributed by atoms with E-state index in [1.54, 1.807) is 9.96 Å². The third-order valence-electron chi connectivity index (χ3n) is 4.96. The summed E-state index contributed by atoms with van der Waals surface area (Å²) in [6.07, 6.45) is 3.57. The Morgan fingerprint density at radius 3 is 2.16 bits per heavy atom. The van der Waals surface area contributed by atoms with Gasteiger partial charge in [0.25, 0.3) is 0 Å². The molecule has 0 saturated carbocycles. The molecular weight excluding hydrogens is 363 g/mol. The van der Waals surface area contributed by atoms with Crippen LogP contribution in [0.15, 0.2) is 30.5 Å². The van der Waals surface area contributed by atoms with E-state index in [4.69, 9.17) is 0 Å². The normalized spacial score (nSPS) is 12.3. The molecule has 0 saturated heterocycles. The summed E-state index contributed by atoms with van der Waals surface area (Å²) < 4.78 is 4.00. The molecule has 0 N–H and O–H groups in total. The first-order valence-electron chi connectivity index (χ1n) is 9.64. The van der Waals surface area contributed by atoms with Gasteiger partial charge in [-0.25, -0.2) is 0 Å². The maximum absolute atomic E-state index is 2.50. The van der Waals surface area contributed by atoms with Crippen molar-refractivity contribution in [3.63, 3.8) is 0 Å². The van der Waals surface area contributed by atoms with Gasteiger partial charge in [0.2, 0.25) is 0 Å². The topological polar surface area (TPSA) is 3.88 Å². The molecule has 0 amide bonds. The molecule has 0 aliphatic carbocycles. The molecule has 2 heteroatoms. The number of rotatable bonds is 5. The van der Waals surface area contributed by atoms with E-state index in [2.05, 4.69) is 94.0 Å². The molecule has 2 aromatic rings. The number of pyridine rings is 1. The summed E-state index contributed by atoms with van der Waals surface area (Å²) in [5, 5.41) is 0. The standard InChI is InChI=1S/C23H36GeN/c1-16(2)12-19-11-10-18(5)21(13-19)23-14-20(17(3)4)22(15-25(23)9)24(6,7)8/h10-11,13-17H,12H2,1-9H3/q+1. The van der Waals surface area contributed by atoms with Gasteiger partial charge in [-0.15, -0.1) is 0 Å². The maximum atomic E-state index is 2.50. The van der Waals surface area contributed by atoms with Crippen LogP contribution in [0.3, 0.4) is 0 Å². The second-order valence-corrected chi connectivity index (χ2v) is 19.9. The Bertz CT molecular complexity index is 751. The Hall–Kier alpha value is -1.09. The van der Waals surface area contributed by atoms with Gasteiger partial charge in [0.05, 0.1) is 0 Å². The quantitative estimate of drug-likeness (QED) is 0.471. The van der Waals surface area contributed by atoms with Crippen LogP contribution in [-0.2, 0) is 13.5 Å². The van der Waals surface area contributed by atoms with Crippen LogP contribution in [0.25, 0.3) is 11.3 Å². The predicted molar refractivity (Wildman–Crippen MR) is 113 cm³/mol. The third-order valence-corrected chi connectivity index (χ3v) is 9.22. The number of aromatic nitrogens is 1. The van der Waals surface area contributed by atoms with Crippen molar-refractivity contribution in [3.05, 3.63) is 47.2 Å². The average Bonchev–Trinajstić information content (AvgIpc) is 2.47. The summed E-state index contributed by atoms with van der Waals surface area (Å²) in [4.78, 5) is 0. The van der Waals surface area contributed by atoms with Crippen molar-refractivity contribution >= 4 is 17.7 Å². The summed E-state index contributed by atoms with van der Waals surface area (Å²) in [6.45, 7) is 11.5. The fourth-order valence-corrected chi connectivity index (χ4v) is 7.37. The number of benzene rings is 1. The van der Waals surface area contributed by atoms with Gasteiger partial charge in [0.15, 0.2) is 0 Å². The van der Waals surface area contributed by atoms with Crippen LogP contribution < -0.4 is 8.96 Å². The van der Waals surface area contributed by atoms with Crippen LogP contribution in [0.1, 0.15) is 50.3 Å². The van der Waals surface area contributed by atoms with E-state index in [-0.39, 0.29) is 0 Å². The molecule has 0 unspecified atom stereocenters. The van der Waals surface area contributed by atoms with E-state index < -0.39 is 13.3 Å². The van der Waals surface area contributed by atoms with Gasteiger partial charge in [-0.05, 0) is 0 Å². The average molecular weight is 399 g/mol. The summed E-state index contributed by atoms with van der Waals surface area (Å²) in [6, 6.07) is 9.46. The van der Waals surface area contributed by atoms with Crippen LogP contribution >= 0.6 is 0 Å². The Morgan fingerprint density at radius 1 is 1.00 bits per heavy atom. The monoisotopic (exact) mass is 400 g/mol. The molecule has 1 aromatic carbocycles. The molecule has 0 aliphatic rings. The molecule has 0 radical (unpaired) electrons. The zero-order valence-corrected chi connectivity index (χ0v) is 19.8. The molecule has 2 rings (SSSR count). The van der Waals surface area contributed by atoms with Crippen LogP contribution in [0.4, 0.5) is 0 Å². The molecule has 1 aromatic heterocycles. The first-order chi connectivity index (χ1) is 11.5. The van der Waals surface area contributed by atoms with E-state index in [1.807, 2.05) is 0 Å². The van der Waals surface area contributed by atoms with Gasteiger partial charge < -0.3 is 0 Å². The Labute approximate surface area is 157 Å². The molecule has 0 fully saturated rings. The molecular formula is C23H36GeN+. The minimum atomic E-state index is -1.90. The molecule has 1 heterocycles. The molecule has 25 heavy (non-hydrogen) atoms. The minimum absolute atomic E-state index is 0.568. The molecule has 0 aliphatic heterocycles. The van der Waals surface area contributed by atoms with Crippen molar-refractivity contribution in [3.8, 4) is 11.3 Å². The van der Waals surface area contributed by atoms with E-state index in [0.29, 0.717) is 11.8 Å². The number of hydrogen-bond acceptors (Lipinski definition) is 0. The van der Waals surface area contributed by atoms with Crippen LogP contribution in [0, 0.1) is 12.8 Å². The fourth-order valence-electron chi connectivity index (χ4n) is 3.58. The summed E-state index contributed by atoms with van der Waals surface area (Å²) in [7, 11) is 2.21. The van der Waals surface area contributed by atoms with E-state index >= 15 is 0 Å². The summed E-state index contributed by atoms with van der Waals surface area (Å²) in [5.41, 5.74) is 7.09. The predicted octanol–water partition coefficient (Wildman–Crippen LogP) is 5.35. The molecule has 0 spiro atoms. The molecule has 136 valence electrons. The van der Waals surface area contributed by atoms with E-state index in [1.165, 1.54) is 22.4 Å². The second-order valence-electron chi connectivity index (χ2n) is 9.29. The summed E-state index contributed by atoms with van der Waals surface area (Å²) >= 11 is -1.90. The van der Waals surface area contributed by atoms with Gasteiger partial charge in [0, 0.05) is 0 Å². The van der Waals surface area contributed by atoms with E-state index in [9.17, 15) is 0 Å².